The van der Waals surface area contributed by atoms with Crippen LogP contribution >= 0.6 is 0 Å². The quantitative estimate of drug-likeness (QED) is 0.670. The average Bonchev–Trinajstić information content (AvgIpc) is 2.99. The summed E-state index contributed by atoms with van der Waals surface area (Å²) in [5.41, 5.74) is 3.57. The van der Waals surface area contributed by atoms with Gasteiger partial charge in [0, 0.05) is 11.3 Å². The van der Waals surface area contributed by atoms with Crippen LogP contribution in [0, 0.1) is 13.8 Å². The molecule has 25 heavy (non-hydrogen) atoms. The van der Waals surface area contributed by atoms with Crippen LogP contribution in [0.3, 0.4) is 0 Å². The molecule has 0 saturated carbocycles. The number of hydrogen-bond donors (Lipinski definition) is 3. The SMILES string of the molecule is Cc1[nH]nc(C(=O)N[C@@H](c2ccccc2)[C@H](O)c2ccccc2)c1C. The van der Waals surface area contributed by atoms with Crippen molar-refractivity contribution >= 4 is 5.91 Å². The van der Waals surface area contributed by atoms with Crippen molar-refractivity contribution in [3.05, 3.63) is 88.7 Å². The standard InChI is InChI=1S/C20H21N3O2/c1-13-14(2)22-23-17(13)20(25)21-18(15-9-5-3-6-10-15)19(24)16-11-7-4-8-12-16/h3-12,18-19,24H,1-2H3,(H,21,25)(H,22,23)/t18-,19+/m0/s1. The van der Waals surface area contributed by atoms with Gasteiger partial charge < -0.3 is 10.4 Å². The Hall–Kier alpha value is -2.92. The van der Waals surface area contributed by atoms with Crippen LogP contribution in [0.5, 0.6) is 0 Å². The first-order chi connectivity index (χ1) is 12.1. The normalized spacial score (nSPS) is 13.2. The first-order valence-electron chi connectivity index (χ1n) is 8.18. The van der Waals surface area contributed by atoms with Gasteiger partial charge >= 0.3 is 0 Å². The summed E-state index contributed by atoms with van der Waals surface area (Å²) in [6.07, 6.45) is -0.868. The maximum absolute atomic E-state index is 12.7. The molecule has 1 aromatic heterocycles. The zero-order valence-electron chi connectivity index (χ0n) is 14.2. The highest BCUT2D eigenvalue weighted by Crippen LogP contribution is 2.29. The molecule has 0 aliphatic rings. The Morgan fingerprint density at radius 1 is 1.00 bits per heavy atom. The minimum Gasteiger partial charge on any atom is -0.386 e. The maximum atomic E-state index is 12.7. The van der Waals surface area contributed by atoms with Crippen molar-refractivity contribution in [2.45, 2.75) is 26.0 Å². The number of aromatic amines is 1. The van der Waals surface area contributed by atoms with Crippen molar-refractivity contribution in [2.24, 2.45) is 0 Å². The lowest BCUT2D eigenvalue weighted by Crippen LogP contribution is -2.33. The molecule has 0 bridgehead atoms. The highest BCUT2D eigenvalue weighted by atomic mass is 16.3. The second-order valence-corrected chi connectivity index (χ2v) is 6.04. The molecule has 128 valence electrons. The van der Waals surface area contributed by atoms with Gasteiger partial charge in [0.15, 0.2) is 5.69 Å². The lowest BCUT2D eigenvalue weighted by molar-refractivity contribution is 0.0826. The molecule has 0 saturated heterocycles. The summed E-state index contributed by atoms with van der Waals surface area (Å²) < 4.78 is 0. The van der Waals surface area contributed by atoms with Gasteiger partial charge in [-0.3, -0.25) is 9.89 Å². The predicted molar refractivity (Wildman–Crippen MR) is 96.1 cm³/mol. The largest absolute Gasteiger partial charge is 0.386 e. The van der Waals surface area contributed by atoms with Gasteiger partial charge in [0.1, 0.15) is 6.10 Å². The molecule has 0 fully saturated rings. The molecular weight excluding hydrogens is 314 g/mol. The molecule has 0 aliphatic carbocycles. The Labute approximate surface area is 146 Å². The number of nitrogens with zero attached hydrogens (tertiary/aromatic N) is 1. The van der Waals surface area contributed by atoms with Crippen molar-refractivity contribution in [2.75, 3.05) is 0 Å². The number of amides is 1. The molecule has 3 aromatic rings. The number of carbonyl (C=O) groups excluding carboxylic acids is 1. The molecular formula is C20H21N3O2. The summed E-state index contributed by atoms with van der Waals surface area (Å²) in [6.45, 7) is 3.71. The Kier molecular flexibility index (Phi) is 4.95. The van der Waals surface area contributed by atoms with E-state index in [1.54, 1.807) is 0 Å². The maximum Gasteiger partial charge on any atom is 0.272 e. The number of hydrogen-bond acceptors (Lipinski definition) is 3. The van der Waals surface area contributed by atoms with Gasteiger partial charge in [-0.15, -0.1) is 0 Å². The van der Waals surface area contributed by atoms with Crippen molar-refractivity contribution < 1.29 is 9.90 Å². The number of aliphatic hydroxyl groups is 1. The fourth-order valence-corrected chi connectivity index (χ4v) is 2.76. The lowest BCUT2D eigenvalue weighted by atomic mass is 9.95. The molecule has 5 nitrogen and oxygen atoms in total. The van der Waals surface area contributed by atoms with Gasteiger partial charge in [-0.05, 0) is 25.0 Å². The third-order valence-corrected chi connectivity index (χ3v) is 4.37. The molecule has 1 heterocycles. The number of aromatic nitrogens is 2. The summed E-state index contributed by atoms with van der Waals surface area (Å²) in [5.74, 6) is -0.314. The summed E-state index contributed by atoms with van der Waals surface area (Å²) in [6, 6.07) is 18.2. The molecule has 0 spiro atoms. The smallest absolute Gasteiger partial charge is 0.272 e. The summed E-state index contributed by atoms with van der Waals surface area (Å²) in [4.78, 5) is 12.7. The first kappa shape index (κ1) is 16.9. The predicted octanol–water partition coefficient (Wildman–Crippen LogP) is 3.23. The third kappa shape index (κ3) is 3.61. The van der Waals surface area contributed by atoms with Gasteiger partial charge in [-0.25, -0.2) is 0 Å². The zero-order chi connectivity index (χ0) is 17.8. The van der Waals surface area contributed by atoms with E-state index < -0.39 is 12.1 Å². The molecule has 0 unspecified atom stereocenters. The van der Waals surface area contributed by atoms with Crippen LogP contribution in [-0.2, 0) is 0 Å². The Bertz CT molecular complexity index is 844. The number of aryl methyl sites for hydroxylation is 1. The lowest BCUT2D eigenvalue weighted by Gasteiger charge is -2.25. The Morgan fingerprint density at radius 2 is 1.56 bits per heavy atom. The van der Waals surface area contributed by atoms with Crippen LogP contribution in [0.1, 0.15) is 45.0 Å². The average molecular weight is 335 g/mol. The number of H-pyrrole nitrogens is 1. The van der Waals surface area contributed by atoms with E-state index in [9.17, 15) is 9.90 Å². The second-order valence-electron chi connectivity index (χ2n) is 6.04. The van der Waals surface area contributed by atoms with Crippen LogP contribution in [0.15, 0.2) is 60.7 Å². The molecule has 3 rings (SSSR count). The first-order valence-corrected chi connectivity index (χ1v) is 8.18. The van der Waals surface area contributed by atoms with E-state index in [4.69, 9.17) is 0 Å². The van der Waals surface area contributed by atoms with E-state index in [0.717, 1.165) is 22.4 Å². The number of benzene rings is 2. The minimum atomic E-state index is -0.868. The summed E-state index contributed by atoms with van der Waals surface area (Å²) in [5, 5.41) is 20.7. The molecule has 3 N–H and O–H groups in total. The van der Waals surface area contributed by atoms with Gasteiger partial charge in [0.25, 0.3) is 5.91 Å². The van der Waals surface area contributed by atoms with E-state index in [0.29, 0.717) is 5.69 Å². The number of aliphatic hydroxyl groups excluding tert-OH is 1. The van der Waals surface area contributed by atoms with E-state index in [1.165, 1.54) is 0 Å². The molecule has 2 aromatic carbocycles. The molecule has 5 heteroatoms. The van der Waals surface area contributed by atoms with Crippen molar-refractivity contribution in [1.29, 1.82) is 0 Å². The monoisotopic (exact) mass is 335 g/mol. The fraction of sp³-hybridized carbons (Fsp3) is 0.200. The Morgan fingerprint density at radius 3 is 2.08 bits per heavy atom. The number of carbonyl (C=O) groups is 1. The number of rotatable bonds is 5. The van der Waals surface area contributed by atoms with Crippen molar-refractivity contribution in [3.8, 4) is 0 Å². The van der Waals surface area contributed by atoms with Gasteiger partial charge in [-0.1, -0.05) is 60.7 Å². The summed E-state index contributed by atoms with van der Waals surface area (Å²) in [7, 11) is 0. The Balaban J connectivity index is 1.92. The van der Waals surface area contributed by atoms with Crippen LogP contribution in [0.4, 0.5) is 0 Å². The second kappa shape index (κ2) is 7.32. The zero-order valence-corrected chi connectivity index (χ0v) is 14.2. The number of nitrogens with one attached hydrogen (secondary N) is 2. The molecule has 0 aliphatic heterocycles. The molecule has 2 atom stereocenters. The highest BCUT2D eigenvalue weighted by molar-refractivity contribution is 5.94. The van der Waals surface area contributed by atoms with Crippen LogP contribution in [0.2, 0.25) is 0 Å². The molecule has 0 radical (unpaired) electrons. The highest BCUT2D eigenvalue weighted by Gasteiger charge is 2.26. The minimum absolute atomic E-state index is 0.314. The molecule has 1 amide bonds. The van der Waals surface area contributed by atoms with Crippen LogP contribution in [-0.4, -0.2) is 21.2 Å². The van der Waals surface area contributed by atoms with Crippen molar-refractivity contribution in [3.63, 3.8) is 0 Å². The van der Waals surface area contributed by atoms with E-state index in [2.05, 4.69) is 15.5 Å². The van der Waals surface area contributed by atoms with E-state index >= 15 is 0 Å². The van der Waals surface area contributed by atoms with Crippen molar-refractivity contribution in [1.82, 2.24) is 15.5 Å². The van der Waals surface area contributed by atoms with Gasteiger partial charge in [0.2, 0.25) is 0 Å². The third-order valence-electron chi connectivity index (χ3n) is 4.37. The van der Waals surface area contributed by atoms with Gasteiger partial charge in [0.05, 0.1) is 6.04 Å². The van der Waals surface area contributed by atoms with Crippen LogP contribution in [0.25, 0.3) is 0 Å². The van der Waals surface area contributed by atoms with E-state index in [1.807, 2.05) is 74.5 Å². The summed E-state index contributed by atoms with van der Waals surface area (Å²) >= 11 is 0. The van der Waals surface area contributed by atoms with Gasteiger partial charge in [-0.2, -0.15) is 5.10 Å². The van der Waals surface area contributed by atoms with E-state index in [-0.39, 0.29) is 5.91 Å². The topological polar surface area (TPSA) is 78.0 Å². The van der Waals surface area contributed by atoms with Crippen LogP contribution < -0.4 is 5.32 Å². The fourth-order valence-electron chi connectivity index (χ4n) is 2.76.